The van der Waals surface area contributed by atoms with Crippen molar-refractivity contribution in [1.82, 2.24) is 15.6 Å². The number of hydrogen-bond donors (Lipinski definition) is 4. The number of halogens is 1. The summed E-state index contributed by atoms with van der Waals surface area (Å²) in [5, 5.41) is 8.53. The van der Waals surface area contributed by atoms with Gasteiger partial charge >= 0.3 is 0 Å². The van der Waals surface area contributed by atoms with Gasteiger partial charge in [-0.25, -0.2) is 4.39 Å². The smallest absolute Gasteiger partial charge is 0.256 e. The molecule has 0 unspecified atom stereocenters. The first-order chi connectivity index (χ1) is 14.4. The zero-order valence-corrected chi connectivity index (χ0v) is 18.1. The van der Waals surface area contributed by atoms with Gasteiger partial charge in [0.05, 0.1) is 11.1 Å². The number of amides is 2. The summed E-state index contributed by atoms with van der Waals surface area (Å²) in [4.78, 5) is 27.1. The highest BCUT2D eigenvalue weighted by Crippen LogP contribution is 2.33. The number of nitrogens with one attached hydrogen (secondary N) is 4. The molecule has 2 amide bonds. The highest BCUT2D eigenvalue weighted by molar-refractivity contribution is 6.34. The van der Waals surface area contributed by atoms with Crippen molar-refractivity contribution in [1.29, 1.82) is 0 Å². The summed E-state index contributed by atoms with van der Waals surface area (Å²) in [6.07, 6.45) is 5.63. The van der Waals surface area contributed by atoms with Gasteiger partial charge in [0.25, 0.3) is 11.8 Å². The largest absolute Gasteiger partial charge is 0.358 e. The molecular weight excluding hydrogens is 395 g/mol. The van der Waals surface area contributed by atoms with Crippen LogP contribution in [0.15, 0.2) is 24.3 Å². The Labute approximate surface area is 184 Å². The van der Waals surface area contributed by atoms with E-state index in [1.807, 2.05) is 14.0 Å². The van der Waals surface area contributed by atoms with E-state index in [-0.39, 0.29) is 19.2 Å². The van der Waals surface area contributed by atoms with E-state index in [1.165, 1.54) is 44.0 Å². The lowest BCUT2D eigenvalue weighted by Crippen LogP contribution is -2.22. The Morgan fingerprint density at radius 1 is 1.19 bits per heavy atom. The molecule has 0 saturated heterocycles. The van der Waals surface area contributed by atoms with Crippen LogP contribution in [0, 0.1) is 12.7 Å². The number of hydrogen-bond acceptors (Lipinski definition) is 3. The number of aromatic nitrogens is 1. The van der Waals surface area contributed by atoms with Gasteiger partial charge in [-0.15, -0.1) is 0 Å². The molecule has 7 heteroatoms. The van der Waals surface area contributed by atoms with Crippen LogP contribution in [0.5, 0.6) is 0 Å². The molecule has 0 atom stereocenters. The van der Waals surface area contributed by atoms with Crippen molar-refractivity contribution in [3.63, 3.8) is 0 Å². The van der Waals surface area contributed by atoms with E-state index in [0.717, 1.165) is 0 Å². The average Bonchev–Trinajstić information content (AvgIpc) is 3.23. The lowest BCUT2D eigenvalue weighted by atomic mass is 10.1. The van der Waals surface area contributed by atoms with Gasteiger partial charge in [-0.1, -0.05) is 27.2 Å². The summed E-state index contributed by atoms with van der Waals surface area (Å²) in [6.45, 7) is 7.56. The number of aryl methyl sites for hydroxylation is 1. The summed E-state index contributed by atoms with van der Waals surface area (Å²) < 4.78 is 13.4. The van der Waals surface area contributed by atoms with Gasteiger partial charge in [-0.3, -0.25) is 9.59 Å². The number of anilines is 1. The van der Waals surface area contributed by atoms with E-state index in [2.05, 4.69) is 27.9 Å². The number of benzene rings is 1. The molecule has 0 aliphatic carbocycles. The quantitative estimate of drug-likeness (QED) is 0.378. The zero-order chi connectivity index (χ0) is 22.1. The molecule has 170 valence electrons. The summed E-state index contributed by atoms with van der Waals surface area (Å²) in [5.41, 5.74) is 3.31. The average molecular weight is 431 g/mol. The van der Waals surface area contributed by atoms with Gasteiger partial charge in [0.15, 0.2) is 0 Å². The Balaban J connectivity index is 0.000000523. The maximum Gasteiger partial charge on any atom is 0.256 e. The summed E-state index contributed by atoms with van der Waals surface area (Å²) >= 11 is 0. The molecule has 1 aromatic carbocycles. The van der Waals surface area contributed by atoms with E-state index < -0.39 is 5.82 Å². The molecule has 0 saturated carbocycles. The fourth-order valence-electron chi connectivity index (χ4n) is 3.16. The Kier molecular flexibility index (Phi) is 10.7. The second-order valence-corrected chi connectivity index (χ2v) is 7.14. The van der Waals surface area contributed by atoms with Crippen molar-refractivity contribution in [2.45, 2.75) is 47.5 Å². The van der Waals surface area contributed by atoms with Crippen LogP contribution in [0.2, 0.25) is 0 Å². The van der Waals surface area contributed by atoms with E-state index in [9.17, 15) is 14.0 Å². The molecule has 0 radical (unpaired) electrons. The van der Waals surface area contributed by atoms with Crippen molar-refractivity contribution >= 4 is 29.2 Å². The first-order valence-corrected chi connectivity index (χ1v) is 10.4. The molecule has 0 fully saturated rings. The van der Waals surface area contributed by atoms with Crippen LogP contribution < -0.4 is 16.0 Å². The molecule has 2 aromatic rings. The van der Waals surface area contributed by atoms with Crippen LogP contribution in [-0.2, 0) is 4.79 Å². The van der Waals surface area contributed by atoms with Crippen LogP contribution in [-0.4, -0.2) is 36.9 Å². The van der Waals surface area contributed by atoms with Crippen molar-refractivity contribution < 1.29 is 14.0 Å². The second kappa shape index (κ2) is 12.7. The van der Waals surface area contributed by atoms with Gasteiger partial charge in [0.1, 0.15) is 5.82 Å². The van der Waals surface area contributed by atoms with E-state index >= 15 is 0 Å². The van der Waals surface area contributed by atoms with E-state index in [1.54, 1.807) is 19.1 Å². The Bertz CT molecular complexity index is 914. The third-order valence-corrected chi connectivity index (χ3v) is 4.71. The van der Waals surface area contributed by atoms with Crippen molar-refractivity contribution in [2.24, 2.45) is 0 Å². The topological polar surface area (TPSA) is 86.0 Å². The number of rotatable bonds is 7. The highest BCUT2D eigenvalue weighted by Gasteiger charge is 2.25. The molecule has 4 N–H and O–H groups in total. The van der Waals surface area contributed by atoms with Crippen molar-refractivity contribution in [2.75, 3.05) is 25.5 Å². The fourth-order valence-corrected chi connectivity index (χ4v) is 3.16. The normalized spacial score (nSPS) is 13.1. The van der Waals surface area contributed by atoms with Crippen LogP contribution in [0.4, 0.5) is 10.1 Å². The van der Waals surface area contributed by atoms with Crippen molar-refractivity contribution in [3.8, 4) is 0 Å². The SMILES string of the molecule is C.CCCCCNC.CCNC(=O)c1cc(/C=C2\C(=O)Nc3ccc(F)cc32)[nH]c1C. The van der Waals surface area contributed by atoms with E-state index in [0.29, 0.717) is 40.3 Å². The molecule has 6 nitrogen and oxygen atoms in total. The van der Waals surface area contributed by atoms with Crippen molar-refractivity contribution in [3.05, 3.63) is 52.6 Å². The third kappa shape index (κ3) is 7.07. The molecule has 1 aliphatic rings. The maximum atomic E-state index is 13.4. The van der Waals surface area contributed by atoms with Gasteiger partial charge in [0.2, 0.25) is 0 Å². The second-order valence-electron chi connectivity index (χ2n) is 7.14. The number of fused-ring (bicyclic) bond motifs is 1. The van der Waals surface area contributed by atoms with Crippen LogP contribution in [0.25, 0.3) is 11.6 Å². The number of carbonyl (C=O) groups excluding carboxylic acids is 2. The van der Waals surface area contributed by atoms with Gasteiger partial charge in [0, 0.05) is 29.2 Å². The van der Waals surface area contributed by atoms with Gasteiger partial charge in [-0.05, 0) is 64.2 Å². The monoisotopic (exact) mass is 430 g/mol. The lowest BCUT2D eigenvalue weighted by Gasteiger charge is -1.99. The van der Waals surface area contributed by atoms with Crippen LogP contribution >= 0.6 is 0 Å². The number of carbonyl (C=O) groups is 2. The molecule has 31 heavy (non-hydrogen) atoms. The highest BCUT2D eigenvalue weighted by atomic mass is 19.1. The summed E-state index contributed by atoms with van der Waals surface area (Å²) in [6, 6.07) is 5.83. The standard InChI is InChI=1S/C17H16FN3O2.C6H15N.CH4/c1-3-19-16(22)12-7-11(20-9(12)2)8-14-13-6-10(18)4-5-15(13)21-17(14)23;1-3-4-5-6-7-2;/h4-8,20H,3H2,1-2H3,(H,19,22)(H,21,23);7H,3-6H2,1-2H3;1H4/b14-8-;;. The van der Waals surface area contributed by atoms with E-state index in [4.69, 9.17) is 0 Å². The Hall–Kier alpha value is -2.93. The Morgan fingerprint density at radius 3 is 2.58 bits per heavy atom. The predicted molar refractivity (Wildman–Crippen MR) is 127 cm³/mol. The summed E-state index contributed by atoms with van der Waals surface area (Å²) in [7, 11) is 2.00. The minimum absolute atomic E-state index is 0. The maximum absolute atomic E-state index is 13.4. The lowest BCUT2D eigenvalue weighted by molar-refractivity contribution is -0.110. The predicted octanol–water partition coefficient (Wildman–Crippen LogP) is 4.74. The molecule has 3 rings (SSSR count). The third-order valence-electron chi connectivity index (χ3n) is 4.71. The van der Waals surface area contributed by atoms with Crippen LogP contribution in [0.1, 0.15) is 67.8 Å². The zero-order valence-electron chi connectivity index (χ0n) is 18.1. The minimum atomic E-state index is -0.406. The Morgan fingerprint density at radius 2 is 1.94 bits per heavy atom. The number of H-pyrrole nitrogens is 1. The molecule has 0 bridgehead atoms. The fraction of sp³-hybridized carbons (Fsp3) is 0.417. The molecular formula is C24H35FN4O2. The van der Waals surface area contributed by atoms with Crippen LogP contribution in [0.3, 0.4) is 0 Å². The molecule has 1 aliphatic heterocycles. The summed E-state index contributed by atoms with van der Waals surface area (Å²) in [5.74, 6) is -0.873. The van der Waals surface area contributed by atoms with Gasteiger partial charge < -0.3 is 20.9 Å². The first kappa shape index (κ1) is 26.1. The molecule has 0 spiro atoms. The minimum Gasteiger partial charge on any atom is -0.358 e. The number of unbranched alkanes of at least 4 members (excludes halogenated alkanes) is 2. The van der Waals surface area contributed by atoms with Gasteiger partial charge in [-0.2, -0.15) is 0 Å². The first-order valence-electron chi connectivity index (χ1n) is 10.4. The molecule has 1 aromatic heterocycles. The number of aromatic amines is 1. The molecule has 2 heterocycles.